The first-order valence-electron chi connectivity index (χ1n) is 6.47. The molecule has 1 amide bonds. The fourth-order valence-electron chi connectivity index (χ4n) is 1.99. The van der Waals surface area contributed by atoms with Crippen LogP contribution in [0, 0.1) is 6.92 Å². The summed E-state index contributed by atoms with van der Waals surface area (Å²) in [7, 11) is 0. The van der Waals surface area contributed by atoms with Crippen LogP contribution >= 0.6 is 24.8 Å². The number of aryl methyl sites for hydroxylation is 1. The van der Waals surface area contributed by atoms with Gasteiger partial charge in [0.15, 0.2) is 0 Å². The number of carbonyl (C=O) groups is 1. The molecule has 1 unspecified atom stereocenters. The van der Waals surface area contributed by atoms with Gasteiger partial charge in [-0.2, -0.15) is 0 Å². The third-order valence-corrected chi connectivity index (χ3v) is 3.07. The minimum atomic E-state index is -0.00805. The number of nitrogens with one attached hydrogen (secondary N) is 1. The number of nitrogens with zero attached hydrogens (tertiary/aromatic N) is 1. The van der Waals surface area contributed by atoms with Gasteiger partial charge in [-0.3, -0.25) is 9.78 Å². The average Bonchev–Trinajstić information content (AvgIpc) is 2.40. The van der Waals surface area contributed by atoms with E-state index in [1.165, 1.54) is 0 Å². The number of amides is 1. The van der Waals surface area contributed by atoms with Crippen molar-refractivity contribution in [3.05, 3.63) is 36.0 Å². The normalized spacial score (nSPS) is 11.2. The number of nitrogens with two attached hydrogens (primary N) is 1. The lowest BCUT2D eigenvalue weighted by Crippen LogP contribution is -2.19. The monoisotopic (exact) mass is 329 g/mol. The van der Waals surface area contributed by atoms with Crippen LogP contribution < -0.4 is 11.1 Å². The van der Waals surface area contributed by atoms with Crippen LogP contribution in [0.25, 0.3) is 10.9 Å². The molecule has 6 heteroatoms. The zero-order chi connectivity index (χ0) is 13.8. The highest BCUT2D eigenvalue weighted by molar-refractivity contribution is 6.01. The van der Waals surface area contributed by atoms with E-state index in [1.807, 2.05) is 38.1 Å². The smallest absolute Gasteiger partial charge is 0.224 e. The lowest BCUT2D eigenvalue weighted by atomic mass is 10.1. The second-order valence-electron chi connectivity index (χ2n) is 4.89. The molecule has 3 N–H and O–H groups in total. The predicted molar refractivity (Wildman–Crippen MR) is 92.5 cm³/mol. The summed E-state index contributed by atoms with van der Waals surface area (Å²) in [4.78, 5) is 16.2. The first-order chi connectivity index (χ1) is 9.08. The van der Waals surface area contributed by atoms with E-state index in [2.05, 4.69) is 10.3 Å². The molecule has 0 saturated heterocycles. The number of fused-ring (bicyclic) bond motifs is 1. The Balaban J connectivity index is 0.00000200. The third kappa shape index (κ3) is 5.16. The van der Waals surface area contributed by atoms with Crippen molar-refractivity contribution in [2.75, 3.05) is 5.32 Å². The van der Waals surface area contributed by atoms with Gasteiger partial charge in [-0.05, 0) is 44.0 Å². The first-order valence-corrected chi connectivity index (χ1v) is 6.47. The minimum absolute atomic E-state index is 0. The molecule has 0 bridgehead atoms. The van der Waals surface area contributed by atoms with E-state index in [1.54, 1.807) is 6.20 Å². The topological polar surface area (TPSA) is 68.0 Å². The minimum Gasteiger partial charge on any atom is -0.328 e. The molecule has 1 aromatic carbocycles. The standard InChI is InChI=1S/C15H19N3O.2ClH/c1-10-5-7-13(12-4-3-9-17-15(10)12)18-14(19)8-6-11(2)16;;/h3-5,7,9,11H,6,8,16H2,1-2H3,(H,18,19);2*1H. The van der Waals surface area contributed by atoms with Gasteiger partial charge in [0.05, 0.1) is 11.2 Å². The largest absolute Gasteiger partial charge is 0.328 e. The van der Waals surface area contributed by atoms with Gasteiger partial charge in [-0.15, -0.1) is 24.8 Å². The van der Waals surface area contributed by atoms with Crippen LogP contribution in [0.15, 0.2) is 30.5 Å². The molecule has 2 rings (SSSR count). The van der Waals surface area contributed by atoms with Gasteiger partial charge in [-0.1, -0.05) is 6.07 Å². The molecule has 0 saturated carbocycles. The number of hydrogen-bond donors (Lipinski definition) is 2. The molecule has 0 aliphatic rings. The van der Waals surface area contributed by atoms with Crippen LogP contribution in [-0.4, -0.2) is 16.9 Å². The number of rotatable bonds is 4. The van der Waals surface area contributed by atoms with Crippen molar-refractivity contribution >= 4 is 47.3 Å². The lowest BCUT2D eigenvalue weighted by molar-refractivity contribution is -0.116. The Morgan fingerprint density at radius 3 is 2.71 bits per heavy atom. The molecule has 1 atom stereocenters. The summed E-state index contributed by atoms with van der Waals surface area (Å²) < 4.78 is 0. The maximum atomic E-state index is 11.9. The Morgan fingerprint density at radius 2 is 2.05 bits per heavy atom. The van der Waals surface area contributed by atoms with E-state index in [9.17, 15) is 4.79 Å². The number of pyridine rings is 1. The van der Waals surface area contributed by atoms with Crippen LogP contribution in [0.1, 0.15) is 25.3 Å². The summed E-state index contributed by atoms with van der Waals surface area (Å²) in [6, 6.07) is 7.78. The Kier molecular flexibility index (Phi) is 8.25. The van der Waals surface area contributed by atoms with Crippen LogP contribution in [0.5, 0.6) is 0 Å². The van der Waals surface area contributed by atoms with Crippen molar-refractivity contribution in [2.24, 2.45) is 5.73 Å². The molecule has 2 aromatic rings. The molecular weight excluding hydrogens is 309 g/mol. The molecule has 116 valence electrons. The highest BCUT2D eigenvalue weighted by Gasteiger charge is 2.08. The van der Waals surface area contributed by atoms with Crippen molar-refractivity contribution in [1.82, 2.24) is 4.98 Å². The lowest BCUT2D eigenvalue weighted by Gasteiger charge is -2.10. The van der Waals surface area contributed by atoms with Crippen molar-refractivity contribution in [2.45, 2.75) is 32.7 Å². The van der Waals surface area contributed by atoms with Gasteiger partial charge in [0.2, 0.25) is 5.91 Å². The first kappa shape index (κ1) is 19.6. The average molecular weight is 330 g/mol. The molecule has 1 heterocycles. The van der Waals surface area contributed by atoms with Crippen LogP contribution in [-0.2, 0) is 4.79 Å². The molecule has 0 aliphatic heterocycles. The molecule has 1 aromatic heterocycles. The van der Waals surface area contributed by atoms with Crippen LogP contribution in [0.3, 0.4) is 0 Å². The summed E-state index contributed by atoms with van der Waals surface area (Å²) in [6.45, 7) is 3.91. The molecule has 0 aliphatic carbocycles. The van der Waals surface area contributed by atoms with E-state index in [0.717, 1.165) is 22.2 Å². The molecule has 0 fully saturated rings. The Bertz CT molecular complexity index is 602. The van der Waals surface area contributed by atoms with Gasteiger partial charge in [0.25, 0.3) is 0 Å². The maximum Gasteiger partial charge on any atom is 0.224 e. The van der Waals surface area contributed by atoms with Crippen molar-refractivity contribution in [3.8, 4) is 0 Å². The van der Waals surface area contributed by atoms with E-state index in [4.69, 9.17) is 5.73 Å². The van der Waals surface area contributed by atoms with Gasteiger partial charge < -0.3 is 11.1 Å². The Labute approximate surface area is 137 Å². The van der Waals surface area contributed by atoms with Crippen LogP contribution in [0.4, 0.5) is 5.69 Å². The summed E-state index contributed by atoms with van der Waals surface area (Å²) in [5, 5.41) is 3.90. The maximum absolute atomic E-state index is 11.9. The zero-order valence-electron chi connectivity index (χ0n) is 12.1. The number of anilines is 1. The van der Waals surface area contributed by atoms with Gasteiger partial charge in [-0.25, -0.2) is 0 Å². The quantitative estimate of drug-likeness (QED) is 0.902. The molecule has 4 nitrogen and oxygen atoms in total. The fraction of sp³-hybridized carbons (Fsp3) is 0.333. The number of hydrogen-bond acceptors (Lipinski definition) is 3. The second-order valence-corrected chi connectivity index (χ2v) is 4.89. The van der Waals surface area contributed by atoms with E-state index in [0.29, 0.717) is 12.8 Å². The molecule has 21 heavy (non-hydrogen) atoms. The third-order valence-electron chi connectivity index (χ3n) is 3.07. The van der Waals surface area contributed by atoms with Gasteiger partial charge >= 0.3 is 0 Å². The highest BCUT2D eigenvalue weighted by Crippen LogP contribution is 2.24. The van der Waals surface area contributed by atoms with E-state index >= 15 is 0 Å². The predicted octanol–water partition coefficient (Wildman–Crippen LogP) is 3.45. The second kappa shape index (κ2) is 8.82. The van der Waals surface area contributed by atoms with Crippen molar-refractivity contribution in [3.63, 3.8) is 0 Å². The Hall–Kier alpha value is -1.36. The molecule has 0 spiro atoms. The van der Waals surface area contributed by atoms with E-state index in [-0.39, 0.29) is 36.8 Å². The summed E-state index contributed by atoms with van der Waals surface area (Å²) in [5.41, 5.74) is 8.49. The summed E-state index contributed by atoms with van der Waals surface area (Å²) >= 11 is 0. The number of aromatic nitrogens is 1. The summed E-state index contributed by atoms with van der Waals surface area (Å²) in [6.07, 6.45) is 2.89. The van der Waals surface area contributed by atoms with E-state index < -0.39 is 0 Å². The number of carbonyl (C=O) groups excluding carboxylic acids is 1. The van der Waals surface area contributed by atoms with Gasteiger partial charge in [0, 0.05) is 24.0 Å². The summed E-state index contributed by atoms with van der Waals surface area (Å²) in [5.74, 6) is -0.00805. The van der Waals surface area contributed by atoms with Crippen molar-refractivity contribution < 1.29 is 4.79 Å². The Morgan fingerprint density at radius 1 is 1.33 bits per heavy atom. The molecule has 0 radical (unpaired) electrons. The van der Waals surface area contributed by atoms with Crippen molar-refractivity contribution in [1.29, 1.82) is 0 Å². The molecular formula is C15H21Cl2N3O. The highest BCUT2D eigenvalue weighted by atomic mass is 35.5. The number of halogens is 2. The zero-order valence-corrected chi connectivity index (χ0v) is 13.8. The van der Waals surface area contributed by atoms with Crippen LogP contribution in [0.2, 0.25) is 0 Å². The van der Waals surface area contributed by atoms with Gasteiger partial charge in [0.1, 0.15) is 0 Å². The SMILES string of the molecule is Cc1ccc(NC(=O)CCC(C)N)c2cccnc12.Cl.Cl. The fourth-order valence-corrected chi connectivity index (χ4v) is 1.99. The number of benzene rings is 1.